The summed E-state index contributed by atoms with van der Waals surface area (Å²) in [4.78, 5) is 15.7. The van der Waals surface area contributed by atoms with E-state index in [4.69, 9.17) is 5.10 Å². The number of rotatable bonds is 7. The van der Waals surface area contributed by atoms with Gasteiger partial charge in [0.2, 0.25) is 0 Å². The Bertz CT molecular complexity index is 1590. The number of nitrogens with zero attached hydrogens (tertiary/aromatic N) is 4. The third-order valence-electron chi connectivity index (χ3n) is 9.21. The van der Waals surface area contributed by atoms with Crippen LogP contribution in [0.25, 0.3) is 16.8 Å². The van der Waals surface area contributed by atoms with Crippen LogP contribution in [0.1, 0.15) is 62.3 Å². The molecule has 9 heteroatoms. The van der Waals surface area contributed by atoms with E-state index in [0.717, 1.165) is 72.4 Å². The van der Waals surface area contributed by atoms with Crippen LogP contribution in [0.4, 0.5) is 10.1 Å². The third kappa shape index (κ3) is 5.54. The molecule has 1 saturated heterocycles. The number of halogens is 1. The number of carbonyl (C=O) groups is 1. The largest absolute Gasteiger partial charge is 0.369 e. The molecule has 3 fully saturated rings. The van der Waals surface area contributed by atoms with Gasteiger partial charge in [-0.2, -0.15) is 10.4 Å². The van der Waals surface area contributed by atoms with Gasteiger partial charge >= 0.3 is 0 Å². The van der Waals surface area contributed by atoms with Gasteiger partial charge in [-0.05, 0) is 74.6 Å². The average molecular weight is 575 g/mol. The molecule has 2 heterocycles. The van der Waals surface area contributed by atoms with Gasteiger partial charge in [0, 0.05) is 48.3 Å². The van der Waals surface area contributed by atoms with E-state index < -0.39 is 15.3 Å². The van der Waals surface area contributed by atoms with Crippen LogP contribution in [0.15, 0.2) is 48.5 Å². The zero-order valence-electron chi connectivity index (χ0n) is 23.4. The highest BCUT2D eigenvalue weighted by Gasteiger charge is 2.47. The number of benzene rings is 2. The van der Waals surface area contributed by atoms with Gasteiger partial charge in [0.15, 0.2) is 9.84 Å². The van der Waals surface area contributed by atoms with Gasteiger partial charge in [-0.1, -0.05) is 25.0 Å². The summed E-state index contributed by atoms with van der Waals surface area (Å²) in [5, 5.41) is 14.7. The lowest BCUT2D eigenvalue weighted by atomic mass is 9.72. The molecule has 214 valence electrons. The third-order valence-corrected chi connectivity index (χ3v) is 10.8. The first-order chi connectivity index (χ1) is 19.7. The van der Waals surface area contributed by atoms with Crippen molar-refractivity contribution in [3.8, 4) is 22.9 Å². The highest BCUT2D eigenvalue weighted by atomic mass is 32.2. The highest BCUT2D eigenvalue weighted by molar-refractivity contribution is 7.91. The molecule has 0 spiro atoms. The molecule has 7 nitrogen and oxygen atoms in total. The Labute approximate surface area is 240 Å². The van der Waals surface area contributed by atoms with E-state index in [1.165, 1.54) is 12.1 Å². The Balaban J connectivity index is 1.38. The van der Waals surface area contributed by atoms with Gasteiger partial charge in [0.05, 0.1) is 34.4 Å². The molecule has 2 atom stereocenters. The van der Waals surface area contributed by atoms with Gasteiger partial charge in [0.25, 0.3) is 0 Å². The quantitative estimate of drug-likeness (QED) is 0.356. The molecule has 0 amide bonds. The number of anilines is 1. The van der Waals surface area contributed by atoms with Crippen LogP contribution in [-0.4, -0.2) is 48.6 Å². The Kier molecular flexibility index (Phi) is 7.23. The van der Waals surface area contributed by atoms with E-state index in [9.17, 15) is 22.9 Å². The topological polar surface area (TPSA) is 96.1 Å². The lowest BCUT2D eigenvalue weighted by Gasteiger charge is -2.31. The molecule has 2 aromatic carbocycles. The van der Waals surface area contributed by atoms with Crippen LogP contribution < -0.4 is 4.90 Å². The maximum Gasteiger partial charge on any atom is 0.153 e. The first-order valence-corrected chi connectivity index (χ1v) is 16.4. The Morgan fingerprint density at radius 2 is 1.66 bits per heavy atom. The van der Waals surface area contributed by atoms with Crippen molar-refractivity contribution in [2.24, 2.45) is 11.3 Å². The van der Waals surface area contributed by atoms with Crippen LogP contribution in [0.5, 0.6) is 0 Å². The number of nitriles is 1. The van der Waals surface area contributed by atoms with E-state index >= 15 is 0 Å². The molecule has 6 rings (SSSR count). The van der Waals surface area contributed by atoms with E-state index in [1.807, 2.05) is 23.7 Å². The molecule has 0 bridgehead atoms. The molecule has 1 aromatic heterocycles. The van der Waals surface area contributed by atoms with E-state index in [-0.39, 0.29) is 34.9 Å². The minimum absolute atomic E-state index is 0.0619. The number of Topliss-reactive ketones (excluding diaryl/α,β-unsaturated/α-hetero) is 1. The smallest absolute Gasteiger partial charge is 0.153 e. The Morgan fingerprint density at radius 1 is 1.02 bits per heavy atom. The second kappa shape index (κ2) is 10.7. The maximum atomic E-state index is 13.8. The molecule has 3 aromatic rings. The van der Waals surface area contributed by atoms with Crippen molar-refractivity contribution in [2.75, 3.05) is 29.5 Å². The second-order valence-electron chi connectivity index (χ2n) is 12.0. The summed E-state index contributed by atoms with van der Waals surface area (Å²) in [7, 11) is -2.97. The summed E-state index contributed by atoms with van der Waals surface area (Å²) in [6.07, 6.45) is 5.55. The summed E-state index contributed by atoms with van der Waals surface area (Å²) in [6, 6.07) is 16.8. The normalized spacial score (nSPS) is 23.1. The van der Waals surface area contributed by atoms with Gasteiger partial charge < -0.3 is 4.90 Å². The Morgan fingerprint density at radius 3 is 2.29 bits per heavy atom. The second-order valence-corrected chi connectivity index (χ2v) is 14.3. The SMILES string of the molecule is Cc1c(-c2ccc(N3CCS(=O)(=O)CC3)cc2)c([C@@H]2CCCC[C@H]2C(=O)CC2(C#N)CC2)nn1-c1ccc(F)cc1. The van der Waals surface area contributed by atoms with E-state index in [2.05, 4.69) is 23.1 Å². The molecule has 3 aliphatic rings. The summed E-state index contributed by atoms with van der Waals surface area (Å²) < 4.78 is 39.4. The molecule has 0 radical (unpaired) electrons. The van der Waals surface area contributed by atoms with Crippen molar-refractivity contribution in [3.63, 3.8) is 0 Å². The van der Waals surface area contributed by atoms with Gasteiger partial charge in [0.1, 0.15) is 11.6 Å². The number of hydrogen-bond acceptors (Lipinski definition) is 6. The molecule has 0 N–H and O–H groups in total. The molecule has 41 heavy (non-hydrogen) atoms. The van der Waals surface area contributed by atoms with Crippen LogP contribution >= 0.6 is 0 Å². The summed E-state index contributed by atoms with van der Waals surface area (Å²) in [5.74, 6) is -0.0696. The maximum absolute atomic E-state index is 13.8. The Hall–Kier alpha value is -3.51. The van der Waals surface area contributed by atoms with Crippen LogP contribution in [0.3, 0.4) is 0 Å². The molecule has 0 unspecified atom stereocenters. The monoisotopic (exact) mass is 574 g/mol. The lowest BCUT2D eigenvalue weighted by molar-refractivity contribution is -0.125. The first-order valence-electron chi connectivity index (χ1n) is 14.5. The van der Waals surface area contributed by atoms with E-state index in [1.54, 1.807) is 12.1 Å². The van der Waals surface area contributed by atoms with Gasteiger partial charge in [-0.3, -0.25) is 4.79 Å². The predicted molar refractivity (Wildman–Crippen MR) is 156 cm³/mol. The number of ketones is 1. The fraction of sp³-hybridized carbons (Fsp3) is 0.469. The summed E-state index contributed by atoms with van der Waals surface area (Å²) in [5.41, 5.74) is 5.00. The standard InChI is InChI=1S/C32H35FN4O3S/c1-22-30(23-6-10-25(11-7-23)36-16-18-41(39,40)19-17-36)31(35-37(22)26-12-8-24(33)9-13-26)28-5-3-2-4-27(28)29(38)20-32(21-34)14-15-32/h6-13,27-28H,2-5,14-20H2,1H3/t27-,28-/m1/s1. The lowest BCUT2D eigenvalue weighted by Crippen LogP contribution is -2.40. The number of sulfone groups is 1. The fourth-order valence-electron chi connectivity index (χ4n) is 6.57. The highest BCUT2D eigenvalue weighted by Crippen LogP contribution is 2.51. The van der Waals surface area contributed by atoms with Crippen LogP contribution in [0, 0.1) is 35.4 Å². The fourth-order valence-corrected chi connectivity index (χ4v) is 7.77. The van der Waals surface area contributed by atoms with Crippen molar-refractivity contribution in [3.05, 3.63) is 65.7 Å². The number of aromatic nitrogens is 2. The van der Waals surface area contributed by atoms with Crippen molar-refractivity contribution in [1.29, 1.82) is 5.26 Å². The molecule has 1 aliphatic heterocycles. The summed E-state index contributed by atoms with van der Waals surface area (Å²) in [6.45, 7) is 2.96. The predicted octanol–water partition coefficient (Wildman–Crippen LogP) is 5.76. The average Bonchev–Trinajstić information content (AvgIpc) is 3.67. The van der Waals surface area contributed by atoms with Crippen LogP contribution in [0.2, 0.25) is 0 Å². The molecule has 2 saturated carbocycles. The van der Waals surface area contributed by atoms with Gasteiger partial charge in [-0.15, -0.1) is 0 Å². The zero-order chi connectivity index (χ0) is 28.8. The van der Waals surface area contributed by atoms with Crippen molar-refractivity contribution in [2.45, 2.75) is 57.8 Å². The van der Waals surface area contributed by atoms with Crippen molar-refractivity contribution >= 4 is 21.3 Å². The number of carbonyl (C=O) groups excluding carboxylic acids is 1. The summed E-state index contributed by atoms with van der Waals surface area (Å²) >= 11 is 0. The molecular formula is C32H35FN4O3S. The minimum atomic E-state index is -2.97. The molecular weight excluding hydrogens is 539 g/mol. The van der Waals surface area contributed by atoms with E-state index in [0.29, 0.717) is 19.5 Å². The van der Waals surface area contributed by atoms with Crippen LogP contribution in [-0.2, 0) is 14.6 Å². The molecule has 2 aliphatic carbocycles. The zero-order valence-corrected chi connectivity index (χ0v) is 24.2. The van der Waals surface area contributed by atoms with Crippen molar-refractivity contribution in [1.82, 2.24) is 9.78 Å². The van der Waals surface area contributed by atoms with Crippen molar-refractivity contribution < 1.29 is 17.6 Å². The number of hydrogen-bond donors (Lipinski definition) is 0. The first kappa shape index (κ1) is 27.6. The minimum Gasteiger partial charge on any atom is -0.369 e. The van der Waals surface area contributed by atoms with Gasteiger partial charge in [-0.25, -0.2) is 17.5 Å².